The molecule has 0 aromatic heterocycles. The van der Waals surface area contributed by atoms with Gasteiger partial charge in [0, 0.05) is 5.92 Å². The number of allylic oxidation sites excluding steroid dienone is 2. The molecule has 0 aliphatic heterocycles. The lowest BCUT2D eigenvalue weighted by Crippen LogP contribution is -2.24. The lowest BCUT2D eigenvalue weighted by Gasteiger charge is -2.22. The van der Waals surface area contributed by atoms with Gasteiger partial charge in [-0.25, -0.2) is 9.78 Å². The molecule has 0 saturated heterocycles. The largest absolute Gasteiger partial charge is 0.236 e. The molecule has 0 aromatic rings. The topological polar surface area (TPSA) is 18.5 Å². The van der Waals surface area contributed by atoms with Gasteiger partial charge in [0.15, 0.2) is 0 Å². The minimum absolute atomic E-state index is 0.215. The van der Waals surface area contributed by atoms with Gasteiger partial charge < -0.3 is 0 Å². The van der Waals surface area contributed by atoms with E-state index in [0.717, 1.165) is 19.3 Å². The van der Waals surface area contributed by atoms with Crippen LogP contribution in [-0.4, -0.2) is 12.2 Å². The molecule has 0 heterocycles. The van der Waals surface area contributed by atoms with Crippen LogP contribution in [0.25, 0.3) is 0 Å². The smallest absolute Gasteiger partial charge is 0.0977 e. The van der Waals surface area contributed by atoms with Crippen molar-refractivity contribution in [3.63, 3.8) is 0 Å². The van der Waals surface area contributed by atoms with E-state index in [1.165, 1.54) is 5.92 Å². The van der Waals surface area contributed by atoms with Crippen molar-refractivity contribution in [1.29, 1.82) is 0 Å². The van der Waals surface area contributed by atoms with E-state index < -0.39 is 0 Å². The van der Waals surface area contributed by atoms with E-state index >= 15 is 0 Å². The number of hydrogen-bond acceptors (Lipinski definition) is 2. The van der Waals surface area contributed by atoms with Crippen molar-refractivity contribution < 1.29 is 9.78 Å². The van der Waals surface area contributed by atoms with Gasteiger partial charge in [-0.3, -0.25) is 0 Å². The molecule has 15 heavy (non-hydrogen) atoms. The standard InChI is InChI=1S/C13H23O2/c1-6-9-12(10-7-2)11-14-15-13(4,5)8-3/h6-7H,1-2,8-11H2,3-5H3. The molecule has 0 amide bonds. The van der Waals surface area contributed by atoms with Gasteiger partial charge in [0.2, 0.25) is 0 Å². The summed E-state index contributed by atoms with van der Waals surface area (Å²) in [6.07, 6.45) is 6.36. The van der Waals surface area contributed by atoms with Gasteiger partial charge in [0.25, 0.3) is 0 Å². The summed E-state index contributed by atoms with van der Waals surface area (Å²) in [6, 6.07) is 0. The minimum Gasteiger partial charge on any atom is -0.236 e. The van der Waals surface area contributed by atoms with Gasteiger partial charge in [-0.2, -0.15) is 0 Å². The van der Waals surface area contributed by atoms with Gasteiger partial charge in [0.1, 0.15) is 0 Å². The van der Waals surface area contributed by atoms with Crippen LogP contribution >= 0.6 is 0 Å². The zero-order chi connectivity index (χ0) is 11.7. The summed E-state index contributed by atoms with van der Waals surface area (Å²) >= 11 is 0. The SMILES string of the molecule is C=CC[C](CC=C)COOC(C)(C)CC. The minimum atomic E-state index is -0.215. The van der Waals surface area contributed by atoms with Gasteiger partial charge in [0.05, 0.1) is 12.2 Å². The second kappa shape index (κ2) is 7.66. The molecule has 0 saturated carbocycles. The Morgan fingerprint density at radius 1 is 1.20 bits per heavy atom. The summed E-state index contributed by atoms with van der Waals surface area (Å²) < 4.78 is 0. The third kappa shape index (κ3) is 7.34. The van der Waals surface area contributed by atoms with Crippen LogP contribution in [-0.2, 0) is 9.78 Å². The summed E-state index contributed by atoms with van der Waals surface area (Å²) in [5, 5.41) is 0. The fraction of sp³-hybridized carbons (Fsp3) is 0.615. The molecule has 0 aliphatic carbocycles. The van der Waals surface area contributed by atoms with E-state index in [0.29, 0.717) is 6.61 Å². The summed E-state index contributed by atoms with van der Waals surface area (Å²) in [5.41, 5.74) is -0.215. The average molecular weight is 211 g/mol. The third-order valence-electron chi connectivity index (χ3n) is 2.27. The van der Waals surface area contributed by atoms with E-state index in [1.807, 2.05) is 26.0 Å². The second-order valence-corrected chi connectivity index (χ2v) is 4.19. The molecule has 0 aliphatic rings. The molecule has 0 N–H and O–H groups in total. The van der Waals surface area contributed by atoms with Crippen LogP contribution in [0.3, 0.4) is 0 Å². The molecule has 0 rings (SSSR count). The fourth-order valence-electron chi connectivity index (χ4n) is 0.941. The lowest BCUT2D eigenvalue weighted by molar-refractivity contribution is -0.351. The van der Waals surface area contributed by atoms with E-state index in [4.69, 9.17) is 9.78 Å². The van der Waals surface area contributed by atoms with Gasteiger partial charge in [-0.1, -0.05) is 19.1 Å². The highest BCUT2D eigenvalue weighted by atomic mass is 17.2. The molecule has 87 valence electrons. The fourth-order valence-corrected chi connectivity index (χ4v) is 0.941. The monoisotopic (exact) mass is 211 g/mol. The van der Waals surface area contributed by atoms with Crippen LogP contribution in [0.4, 0.5) is 0 Å². The van der Waals surface area contributed by atoms with Gasteiger partial charge in [-0.15, -0.1) is 13.2 Å². The highest BCUT2D eigenvalue weighted by Crippen LogP contribution is 2.17. The van der Waals surface area contributed by atoms with Crippen LogP contribution < -0.4 is 0 Å². The third-order valence-corrected chi connectivity index (χ3v) is 2.27. The predicted molar refractivity (Wildman–Crippen MR) is 64.3 cm³/mol. The summed E-state index contributed by atoms with van der Waals surface area (Å²) in [4.78, 5) is 10.5. The first kappa shape index (κ1) is 14.4. The Balaban J connectivity index is 3.79. The van der Waals surface area contributed by atoms with E-state index in [9.17, 15) is 0 Å². The Bertz CT molecular complexity index is 175. The molecule has 0 bridgehead atoms. The molecule has 0 atom stereocenters. The molecule has 1 radical (unpaired) electrons. The quantitative estimate of drug-likeness (QED) is 0.327. The molecule has 0 fully saturated rings. The van der Waals surface area contributed by atoms with Crippen molar-refractivity contribution in [2.75, 3.05) is 6.61 Å². The lowest BCUT2D eigenvalue weighted by atomic mass is 10.0. The van der Waals surface area contributed by atoms with E-state index in [-0.39, 0.29) is 5.60 Å². The maximum atomic E-state index is 5.31. The maximum absolute atomic E-state index is 5.31. The van der Waals surface area contributed by atoms with Crippen molar-refractivity contribution >= 4 is 0 Å². The van der Waals surface area contributed by atoms with Crippen LogP contribution in [0.2, 0.25) is 0 Å². The Labute approximate surface area is 93.9 Å². The van der Waals surface area contributed by atoms with E-state index in [2.05, 4.69) is 20.1 Å². The number of hydrogen-bond donors (Lipinski definition) is 0. The molecule has 0 aromatic carbocycles. The van der Waals surface area contributed by atoms with Crippen molar-refractivity contribution in [1.82, 2.24) is 0 Å². The van der Waals surface area contributed by atoms with Crippen molar-refractivity contribution in [2.24, 2.45) is 0 Å². The van der Waals surface area contributed by atoms with Crippen molar-refractivity contribution in [3.05, 3.63) is 31.2 Å². The first-order valence-corrected chi connectivity index (χ1v) is 5.41. The molecule has 2 heteroatoms. The zero-order valence-electron chi connectivity index (χ0n) is 10.2. The predicted octanol–water partition coefficient (Wildman–Crippen LogP) is 3.85. The van der Waals surface area contributed by atoms with Gasteiger partial charge in [-0.05, 0) is 33.1 Å². The van der Waals surface area contributed by atoms with Crippen LogP contribution in [0.5, 0.6) is 0 Å². The van der Waals surface area contributed by atoms with Crippen molar-refractivity contribution in [3.8, 4) is 0 Å². The Kier molecular flexibility index (Phi) is 7.35. The maximum Gasteiger partial charge on any atom is 0.0977 e. The average Bonchev–Trinajstić information content (AvgIpc) is 2.18. The van der Waals surface area contributed by atoms with Crippen molar-refractivity contribution in [2.45, 2.75) is 45.6 Å². The molecular weight excluding hydrogens is 188 g/mol. The Morgan fingerprint density at radius 2 is 1.73 bits per heavy atom. The zero-order valence-corrected chi connectivity index (χ0v) is 10.2. The molecule has 0 spiro atoms. The van der Waals surface area contributed by atoms with Gasteiger partial charge >= 0.3 is 0 Å². The normalized spacial score (nSPS) is 11.7. The van der Waals surface area contributed by atoms with Crippen LogP contribution in [0.15, 0.2) is 25.3 Å². The first-order chi connectivity index (χ1) is 7.05. The second-order valence-electron chi connectivity index (χ2n) is 4.19. The number of rotatable bonds is 9. The highest BCUT2D eigenvalue weighted by Gasteiger charge is 2.17. The molecule has 2 nitrogen and oxygen atoms in total. The van der Waals surface area contributed by atoms with Crippen LogP contribution in [0.1, 0.15) is 40.0 Å². The van der Waals surface area contributed by atoms with Crippen LogP contribution in [0, 0.1) is 5.92 Å². The molecular formula is C13H23O2. The Morgan fingerprint density at radius 3 is 2.13 bits per heavy atom. The summed E-state index contributed by atoms with van der Waals surface area (Å²) in [5.74, 6) is 1.23. The molecule has 0 unspecified atom stereocenters. The summed E-state index contributed by atoms with van der Waals surface area (Å²) in [6.45, 7) is 14.0. The van der Waals surface area contributed by atoms with E-state index in [1.54, 1.807) is 0 Å². The summed E-state index contributed by atoms with van der Waals surface area (Å²) in [7, 11) is 0. The highest BCUT2D eigenvalue weighted by molar-refractivity contribution is 5.00. The Hall–Kier alpha value is -0.600. The first-order valence-electron chi connectivity index (χ1n) is 5.41.